The predicted octanol–water partition coefficient (Wildman–Crippen LogP) is 4.60. The quantitative estimate of drug-likeness (QED) is 0.216. The van der Waals surface area contributed by atoms with Crippen LogP contribution in [0, 0.1) is 17.8 Å². The van der Waals surface area contributed by atoms with Gasteiger partial charge >= 0.3 is 6.03 Å². The van der Waals surface area contributed by atoms with Gasteiger partial charge in [0, 0.05) is 12.1 Å². The zero-order chi connectivity index (χ0) is 32.7. The van der Waals surface area contributed by atoms with E-state index in [-0.39, 0.29) is 29.3 Å². The largest absolute Gasteiger partial charge is 0.363 e. The SMILES string of the molecule is CC[C@@H]1C[C@@H](C(=O)NC(CC2CC2)C(=O)C(N)=O)N(C(=O)[C@H](CC2CCCCC2)NC(=O)NC2(Cc3ccsc3)CCCCC2)C1. The normalized spacial score (nSPS) is 24.5. The molecule has 1 saturated heterocycles. The number of ketones is 1. The van der Waals surface area contributed by atoms with Crippen molar-refractivity contribution in [2.45, 2.75) is 140 Å². The second-order valence-corrected chi connectivity index (χ2v) is 15.3. The monoisotopic (exact) mass is 655 g/mol. The molecule has 0 bridgehead atoms. The molecule has 2 heterocycles. The molecule has 10 nitrogen and oxygen atoms in total. The van der Waals surface area contributed by atoms with Crippen molar-refractivity contribution in [3.8, 4) is 0 Å². The van der Waals surface area contributed by atoms with Gasteiger partial charge < -0.3 is 26.6 Å². The number of rotatable bonds is 14. The summed E-state index contributed by atoms with van der Waals surface area (Å²) in [5.74, 6) is -1.80. The Kier molecular flexibility index (Phi) is 11.8. The number of carbonyl (C=O) groups is 5. The molecule has 4 fully saturated rings. The van der Waals surface area contributed by atoms with Crippen molar-refractivity contribution in [1.29, 1.82) is 0 Å². The molecule has 254 valence electrons. The number of Topliss-reactive ketones (excluding diaryl/α,β-unsaturated/α-hetero) is 1. The van der Waals surface area contributed by atoms with E-state index in [4.69, 9.17) is 5.73 Å². The van der Waals surface area contributed by atoms with E-state index in [1.54, 1.807) is 16.2 Å². The highest BCUT2D eigenvalue weighted by Gasteiger charge is 2.44. The average Bonchev–Trinajstić information content (AvgIpc) is 3.51. The molecule has 46 heavy (non-hydrogen) atoms. The fraction of sp³-hybridized carbons (Fsp3) is 0.743. The van der Waals surface area contributed by atoms with Gasteiger partial charge in [-0.1, -0.05) is 77.6 Å². The maximum absolute atomic E-state index is 14.4. The third kappa shape index (κ3) is 9.10. The van der Waals surface area contributed by atoms with Gasteiger partial charge in [-0.15, -0.1) is 0 Å². The number of thiophene rings is 1. The van der Waals surface area contributed by atoms with Gasteiger partial charge in [0.15, 0.2) is 0 Å². The fourth-order valence-electron chi connectivity index (χ4n) is 8.04. The Morgan fingerprint density at radius 3 is 2.22 bits per heavy atom. The highest BCUT2D eigenvalue weighted by molar-refractivity contribution is 7.07. The second kappa shape index (κ2) is 15.8. The van der Waals surface area contributed by atoms with Crippen LogP contribution < -0.4 is 21.7 Å². The Morgan fingerprint density at radius 2 is 1.59 bits per heavy atom. The Hall–Kier alpha value is -2.95. The van der Waals surface area contributed by atoms with Crippen LogP contribution >= 0.6 is 11.3 Å². The lowest BCUT2D eigenvalue weighted by atomic mass is 9.78. The molecular formula is C35H53N5O5S. The van der Waals surface area contributed by atoms with Gasteiger partial charge in [0.1, 0.15) is 12.1 Å². The van der Waals surface area contributed by atoms with Gasteiger partial charge in [0.25, 0.3) is 5.91 Å². The van der Waals surface area contributed by atoms with Crippen LogP contribution in [0.25, 0.3) is 0 Å². The summed E-state index contributed by atoms with van der Waals surface area (Å²) in [7, 11) is 0. The van der Waals surface area contributed by atoms with Crippen LogP contribution in [-0.4, -0.2) is 64.6 Å². The van der Waals surface area contributed by atoms with Crippen molar-refractivity contribution in [3.63, 3.8) is 0 Å². The summed E-state index contributed by atoms with van der Waals surface area (Å²) < 4.78 is 0. The topological polar surface area (TPSA) is 151 Å². The van der Waals surface area contributed by atoms with Crippen LogP contribution in [0.1, 0.15) is 115 Å². The first kappa shape index (κ1) is 34.4. The number of urea groups is 1. The lowest BCUT2D eigenvalue weighted by Gasteiger charge is -2.39. The van der Waals surface area contributed by atoms with Crippen LogP contribution in [0.15, 0.2) is 16.8 Å². The molecule has 1 unspecified atom stereocenters. The van der Waals surface area contributed by atoms with Crippen LogP contribution in [-0.2, 0) is 25.6 Å². The van der Waals surface area contributed by atoms with E-state index in [1.165, 1.54) is 12.0 Å². The molecule has 1 aromatic rings. The van der Waals surface area contributed by atoms with E-state index in [9.17, 15) is 24.0 Å². The molecule has 5 N–H and O–H groups in total. The summed E-state index contributed by atoms with van der Waals surface area (Å²) in [6.45, 7) is 2.46. The Bertz CT molecular complexity index is 1220. The molecule has 5 rings (SSSR count). The molecule has 4 atom stereocenters. The van der Waals surface area contributed by atoms with Crippen LogP contribution in [0.2, 0.25) is 0 Å². The first-order valence-electron chi connectivity index (χ1n) is 17.7. The molecule has 0 spiro atoms. The molecule has 11 heteroatoms. The summed E-state index contributed by atoms with van der Waals surface area (Å²) in [6.07, 6.45) is 15.4. The molecule has 3 aliphatic carbocycles. The van der Waals surface area contributed by atoms with Crippen LogP contribution in [0.3, 0.4) is 0 Å². The molecule has 1 aromatic heterocycles. The maximum Gasteiger partial charge on any atom is 0.315 e. The zero-order valence-electron chi connectivity index (χ0n) is 27.4. The highest BCUT2D eigenvalue weighted by Crippen LogP contribution is 2.35. The molecule has 0 aromatic carbocycles. The molecular weight excluding hydrogens is 602 g/mol. The number of nitrogens with zero attached hydrogens (tertiary/aromatic N) is 1. The Morgan fingerprint density at radius 1 is 0.913 bits per heavy atom. The highest BCUT2D eigenvalue weighted by atomic mass is 32.1. The van der Waals surface area contributed by atoms with Crippen molar-refractivity contribution < 1.29 is 24.0 Å². The first-order valence-corrected chi connectivity index (χ1v) is 18.6. The minimum Gasteiger partial charge on any atom is -0.363 e. The number of carbonyl (C=O) groups excluding carboxylic acids is 5. The maximum atomic E-state index is 14.4. The first-order chi connectivity index (χ1) is 22.2. The minimum absolute atomic E-state index is 0.119. The third-order valence-corrected chi connectivity index (χ3v) is 11.6. The third-order valence-electron chi connectivity index (χ3n) is 10.9. The number of hydrogen-bond donors (Lipinski definition) is 4. The van der Waals surface area contributed by atoms with Gasteiger partial charge in [-0.3, -0.25) is 19.2 Å². The van der Waals surface area contributed by atoms with E-state index in [0.29, 0.717) is 31.7 Å². The van der Waals surface area contributed by atoms with Gasteiger partial charge in [-0.25, -0.2) is 4.79 Å². The number of amides is 5. The van der Waals surface area contributed by atoms with E-state index in [0.717, 1.165) is 83.5 Å². The number of nitrogens with two attached hydrogens (primary N) is 1. The van der Waals surface area contributed by atoms with Crippen LogP contribution in [0.4, 0.5) is 4.79 Å². The summed E-state index contributed by atoms with van der Waals surface area (Å²) in [5.41, 5.74) is 6.18. The molecule has 4 aliphatic rings. The van der Waals surface area contributed by atoms with E-state index in [2.05, 4.69) is 32.8 Å². The summed E-state index contributed by atoms with van der Waals surface area (Å²) in [5, 5.41) is 13.4. The number of primary amides is 1. The van der Waals surface area contributed by atoms with Crippen molar-refractivity contribution in [3.05, 3.63) is 22.4 Å². The van der Waals surface area contributed by atoms with Gasteiger partial charge in [-0.05, 0) is 78.7 Å². The molecule has 0 radical (unpaired) electrons. The Balaban J connectivity index is 1.32. The lowest BCUT2D eigenvalue weighted by molar-refractivity contribution is -0.142. The smallest absolute Gasteiger partial charge is 0.315 e. The summed E-state index contributed by atoms with van der Waals surface area (Å²) >= 11 is 1.66. The van der Waals surface area contributed by atoms with Crippen molar-refractivity contribution >= 4 is 40.9 Å². The van der Waals surface area contributed by atoms with E-state index >= 15 is 0 Å². The predicted molar refractivity (Wildman–Crippen MR) is 178 cm³/mol. The Labute approximate surface area is 277 Å². The number of nitrogens with one attached hydrogen (secondary N) is 3. The van der Waals surface area contributed by atoms with Gasteiger partial charge in [0.2, 0.25) is 17.6 Å². The lowest BCUT2D eigenvalue weighted by Crippen LogP contribution is -2.60. The summed E-state index contributed by atoms with van der Waals surface area (Å²) in [6, 6.07) is -0.723. The van der Waals surface area contributed by atoms with Gasteiger partial charge in [0.05, 0.1) is 6.04 Å². The van der Waals surface area contributed by atoms with Gasteiger partial charge in [-0.2, -0.15) is 11.3 Å². The zero-order valence-corrected chi connectivity index (χ0v) is 28.2. The van der Waals surface area contributed by atoms with Crippen molar-refractivity contribution in [1.82, 2.24) is 20.9 Å². The number of hydrogen-bond acceptors (Lipinski definition) is 6. The van der Waals surface area contributed by atoms with Crippen molar-refractivity contribution in [2.75, 3.05) is 6.54 Å². The number of likely N-dealkylation sites (tertiary alicyclic amines) is 1. The van der Waals surface area contributed by atoms with Crippen molar-refractivity contribution in [2.24, 2.45) is 23.5 Å². The minimum atomic E-state index is -1.06. The molecule has 1 aliphatic heterocycles. The fourth-order valence-corrected chi connectivity index (χ4v) is 8.71. The standard InChI is InChI=1S/C35H53N5O5S/c1-2-23-19-29(32(43)37-27(17-25-11-12-25)30(41)31(36)42)40(21-23)33(44)28(18-24-9-5-3-6-10-24)38-34(45)39-35(14-7-4-8-15-35)20-26-13-16-46-22-26/h13,16,22-25,27-29H,2-12,14-15,17-21H2,1H3,(H2,36,42)(H,37,43)(H2,38,39,45)/t23-,27?,28+,29+/m1/s1. The second-order valence-electron chi connectivity index (χ2n) is 14.5. The van der Waals surface area contributed by atoms with Crippen LogP contribution in [0.5, 0.6) is 0 Å². The average molecular weight is 656 g/mol. The molecule has 3 saturated carbocycles. The van der Waals surface area contributed by atoms with E-state index in [1.807, 2.05) is 6.92 Å². The summed E-state index contributed by atoms with van der Waals surface area (Å²) in [4.78, 5) is 68.0. The molecule has 5 amide bonds. The van der Waals surface area contributed by atoms with E-state index < -0.39 is 35.7 Å².